The summed E-state index contributed by atoms with van der Waals surface area (Å²) in [6, 6.07) is 1.97. The van der Waals surface area contributed by atoms with Crippen LogP contribution in [0.15, 0.2) is 36.2 Å². The zero-order valence-corrected chi connectivity index (χ0v) is 9.22. The van der Waals surface area contributed by atoms with Gasteiger partial charge in [0.25, 0.3) is 0 Å². The third kappa shape index (κ3) is 1.46. The van der Waals surface area contributed by atoms with E-state index in [1.54, 1.807) is 18.6 Å². The second kappa shape index (κ2) is 4.14. The minimum atomic E-state index is 1.06. The van der Waals surface area contributed by atoms with Gasteiger partial charge >= 0.3 is 0 Å². The molecule has 0 radical (unpaired) electrons. The molecule has 0 bridgehead atoms. The summed E-state index contributed by atoms with van der Waals surface area (Å²) in [7, 11) is 0. The summed E-state index contributed by atoms with van der Waals surface area (Å²) in [6.07, 6.45) is 9.03. The molecule has 0 saturated heterocycles. The SMILES string of the molecule is C=Cn1c(/C=C\N=C)c(C)c2cnccc21. The number of pyridine rings is 1. The van der Waals surface area contributed by atoms with E-state index < -0.39 is 0 Å². The van der Waals surface area contributed by atoms with Gasteiger partial charge in [-0.2, -0.15) is 0 Å². The molecule has 0 aliphatic carbocycles. The number of aromatic nitrogens is 2. The van der Waals surface area contributed by atoms with Gasteiger partial charge in [0.2, 0.25) is 0 Å². The highest BCUT2D eigenvalue weighted by molar-refractivity contribution is 5.89. The van der Waals surface area contributed by atoms with Crippen LogP contribution in [0.2, 0.25) is 0 Å². The van der Waals surface area contributed by atoms with E-state index in [0.29, 0.717) is 0 Å². The Kier molecular flexibility index (Phi) is 2.68. The van der Waals surface area contributed by atoms with E-state index >= 15 is 0 Å². The molecule has 0 unspecified atom stereocenters. The van der Waals surface area contributed by atoms with E-state index in [9.17, 15) is 0 Å². The van der Waals surface area contributed by atoms with E-state index in [1.807, 2.05) is 22.9 Å². The first kappa shape index (κ1) is 10.4. The van der Waals surface area contributed by atoms with E-state index in [0.717, 1.165) is 16.6 Å². The van der Waals surface area contributed by atoms with Crippen LogP contribution in [0, 0.1) is 6.92 Å². The van der Waals surface area contributed by atoms with Gasteiger partial charge in [0, 0.05) is 30.2 Å². The molecule has 0 aliphatic heterocycles. The molecule has 2 rings (SSSR count). The largest absolute Gasteiger partial charge is 0.317 e. The zero-order chi connectivity index (χ0) is 11.5. The molecule has 0 fully saturated rings. The first-order valence-corrected chi connectivity index (χ1v) is 4.99. The van der Waals surface area contributed by atoms with Crippen LogP contribution in [0.3, 0.4) is 0 Å². The minimum absolute atomic E-state index is 1.06. The van der Waals surface area contributed by atoms with Crippen LogP contribution < -0.4 is 0 Å². The van der Waals surface area contributed by atoms with Gasteiger partial charge in [-0.05, 0) is 31.3 Å². The van der Waals surface area contributed by atoms with Crippen molar-refractivity contribution in [2.45, 2.75) is 6.92 Å². The second-order valence-corrected chi connectivity index (χ2v) is 3.45. The van der Waals surface area contributed by atoms with E-state index in [2.05, 4.69) is 30.2 Å². The monoisotopic (exact) mass is 211 g/mol. The summed E-state index contributed by atoms with van der Waals surface area (Å²) in [5.74, 6) is 0. The van der Waals surface area contributed by atoms with Gasteiger partial charge < -0.3 is 4.57 Å². The number of aryl methyl sites for hydroxylation is 1. The van der Waals surface area contributed by atoms with Gasteiger partial charge in [-0.25, -0.2) is 0 Å². The van der Waals surface area contributed by atoms with Crippen molar-refractivity contribution in [1.29, 1.82) is 0 Å². The predicted molar refractivity (Wildman–Crippen MR) is 69.4 cm³/mol. The molecule has 0 saturated carbocycles. The maximum Gasteiger partial charge on any atom is 0.0562 e. The molecular formula is C13H13N3. The van der Waals surface area contributed by atoms with Gasteiger partial charge in [0.15, 0.2) is 0 Å². The molecule has 80 valence electrons. The van der Waals surface area contributed by atoms with Gasteiger partial charge in [-0.15, -0.1) is 0 Å². The molecule has 2 aromatic rings. The molecule has 16 heavy (non-hydrogen) atoms. The van der Waals surface area contributed by atoms with Crippen molar-refractivity contribution in [3.8, 4) is 0 Å². The first-order chi connectivity index (χ1) is 7.79. The average molecular weight is 211 g/mol. The van der Waals surface area contributed by atoms with Crippen LogP contribution in [0.5, 0.6) is 0 Å². The van der Waals surface area contributed by atoms with E-state index in [1.165, 1.54) is 5.56 Å². The lowest BCUT2D eigenvalue weighted by atomic mass is 10.2. The first-order valence-electron chi connectivity index (χ1n) is 4.99. The number of rotatable bonds is 3. The van der Waals surface area contributed by atoms with Crippen LogP contribution in [-0.4, -0.2) is 16.3 Å². The molecule has 0 aromatic carbocycles. The maximum atomic E-state index is 4.14. The molecule has 2 heterocycles. The summed E-state index contributed by atoms with van der Waals surface area (Å²) < 4.78 is 2.02. The van der Waals surface area contributed by atoms with Crippen molar-refractivity contribution < 1.29 is 0 Å². The average Bonchev–Trinajstić information content (AvgIpc) is 2.60. The van der Waals surface area contributed by atoms with Gasteiger partial charge in [0.05, 0.1) is 11.2 Å². The molecule has 0 amide bonds. The molecular weight excluding hydrogens is 198 g/mol. The third-order valence-corrected chi connectivity index (χ3v) is 2.63. The summed E-state index contributed by atoms with van der Waals surface area (Å²) in [5, 5.41) is 1.13. The summed E-state index contributed by atoms with van der Waals surface area (Å²) in [4.78, 5) is 7.86. The topological polar surface area (TPSA) is 30.2 Å². The Morgan fingerprint density at radius 2 is 2.31 bits per heavy atom. The Morgan fingerprint density at radius 1 is 1.50 bits per heavy atom. The number of hydrogen-bond acceptors (Lipinski definition) is 2. The molecule has 0 aliphatic rings. The van der Waals surface area contributed by atoms with Crippen LogP contribution in [0.25, 0.3) is 23.2 Å². The summed E-state index contributed by atoms with van der Waals surface area (Å²) in [6.45, 7) is 9.32. The Bertz CT molecular complexity index is 576. The maximum absolute atomic E-state index is 4.14. The molecule has 3 heteroatoms. The highest BCUT2D eigenvalue weighted by Gasteiger charge is 2.09. The van der Waals surface area contributed by atoms with Gasteiger partial charge in [-0.1, -0.05) is 6.58 Å². The van der Waals surface area contributed by atoms with Gasteiger partial charge in [0.1, 0.15) is 0 Å². The Morgan fingerprint density at radius 3 is 3.00 bits per heavy atom. The highest BCUT2D eigenvalue weighted by Crippen LogP contribution is 2.25. The lowest BCUT2D eigenvalue weighted by Gasteiger charge is -2.00. The number of nitrogens with zero attached hydrogens (tertiary/aromatic N) is 3. The molecule has 0 atom stereocenters. The molecule has 0 N–H and O–H groups in total. The quantitative estimate of drug-likeness (QED) is 0.717. The molecule has 3 nitrogen and oxygen atoms in total. The Labute approximate surface area is 94.5 Å². The highest BCUT2D eigenvalue weighted by atomic mass is 15.0. The van der Waals surface area contributed by atoms with Crippen molar-refractivity contribution in [3.05, 3.63) is 42.5 Å². The predicted octanol–water partition coefficient (Wildman–Crippen LogP) is 3.12. The van der Waals surface area contributed by atoms with Gasteiger partial charge in [-0.3, -0.25) is 9.98 Å². The van der Waals surface area contributed by atoms with Crippen LogP contribution in [-0.2, 0) is 0 Å². The summed E-state index contributed by atoms with van der Waals surface area (Å²) >= 11 is 0. The molecule has 2 aromatic heterocycles. The van der Waals surface area contributed by atoms with E-state index in [4.69, 9.17) is 0 Å². The fraction of sp³-hybridized carbons (Fsp3) is 0.0769. The van der Waals surface area contributed by atoms with Crippen LogP contribution in [0.1, 0.15) is 11.3 Å². The van der Waals surface area contributed by atoms with Crippen molar-refractivity contribution in [2.24, 2.45) is 4.99 Å². The fourth-order valence-corrected chi connectivity index (χ4v) is 1.86. The van der Waals surface area contributed by atoms with Crippen molar-refractivity contribution in [3.63, 3.8) is 0 Å². The Balaban J connectivity index is 2.81. The number of aliphatic imine (C=N–C) groups is 1. The third-order valence-electron chi connectivity index (χ3n) is 2.63. The van der Waals surface area contributed by atoms with Crippen molar-refractivity contribution in [1.82, 2.24) is 9.55 Å². The standard InChI is InChI=1S/C13H13N3/c1-4-16-12(5-7-14-3)10(2)11-9-15-8-6-13(11)16/h4-9H,1,3H2,2H3/b7-5-. The van der Waals surface area contributed by atoms with Crippen LogP contribution in [0.4, 0.5) is 0 Å². The van der Waals surface area contributed by atoms with Crippen LogP contribution >= 0.6 is 0 Å². The lowest BCUT2D eigenvalue weighted by Crippen LogP contribution is -1.88. The number of hydrogen-bond donors (Lipinski definition) is 0. The number of fused-ring (bicyclic) bond motifs is 1. The van der Waals surface area contributed by atoms with Crippen molar-refractivity contribution >= 4 is 29.9 Å². The minimum Gasteiger partial charge on any atom is -0.317 e. The zero-order valence-electron chi connectivity index (χ0n) is 9.22. The normalized spacial score (nSPS) is 11.1. The van der Waals surface area contributed by atoms with E-state index in [-0.39, 0.29) is 0 Å². The van der Waals surface area contributed by atoms with Crippen molar-refractivity contribution in [2.75, 3.05) is 0 Å². The smallest absolute Gasteiger partial charge is 0.0562 e. The second-order valence-electron chi connectivity index (χ2n) is 3.45. The molecule has 0 spiro atoms. The lowest BCUT2D eigenvalue weighted by molar-refractivity contribution is 1.18. The fourth-order valence-electron chi connectivity index (χ4n) is 1.86. The Hall–Kier alpha value is -2.16. The summed E-state index contributed by atoms with van der Waals surface area (Å²) in [5.41, 5.74) is 3.33.